The summed E-state index contributed by atoms with van der Waals surface area (Å²) in [5.41, 5.74) is 4.46. The van der Waals surface area contributed by atoms with Gasteiger partial charge in [0.2, 0.25) is 0 Å². The topological polar surface area (TPSA) is 179 Å². The molecule has 9 fully saturated rings. The molecule has 406 valence electrons. The summed E-state index contributed by atoms with van der Waals surface area (Å²) >= 11 is 0. The van der Waals surface area contributed by atoms with Gasteiger partial charge in [-0.15, -0.1) is 0 Å². The van der Waals surface area contributed by atoms with E-state index >= 15 is 0 Å². The van der Waals surface area contributed by atoms with E-state index in [9.17, 15) is 45.6 Å². The Labute approximate surface area is 434 Å². The predicted octanol–water partition coefficient (Wildman–Crippen LogP) is 10.0. The van der Waals surface area contributed by atoms with Gasteiger partial charge in [0.1, 0.15) is 5.78 Å². The summed E-state index contributed by atoms with van der Waals surface area (Å²) in [6.07, 6.45) is 25.4. The lowest BCUT2D eigenvalue weighted by Gasteiger charge is -2.59. The van der Waals surface area contributed by atoms with Gasteiger partial charge in [-0.1, -0.05) is 76.5 Å². The van der Waals surface area contributed by atoms with E-state index in [2.05, 4.69) is 59.8 Å². The number of aliphatic hydroxyl groups is 8. The molecule has 26 atom stereocenters. The van der Waals surface area contributed by atoms with Crippen molar-refractivity contribution in [3.8, 4) is 0 Å². The summed E-state index contributed by atoms with van der Waals surface area (Å²) in [7, 11) is 0. The fraction of sp³-hybridized carbons (Fsp3) is 0.889. The van der Waals surface area contributed by atoms with Gasteiger partial charge < -0.3 is 40.9 Å². The van der Waals surface area contributed by atoms with Crippen LogP contribution in [0.4, 0.5) is 0 Å². The highest BCUT2D eigenvalue weighted by atomic mass is 16.3. The molecule has 9 saturated carbocycles. The average Bonchev–Trinajstić information content (AvgIpc) is 3.96. The van der Waals surface area contributed by atoms with Crippen molar-refractivity contribution >= 4 is 5.78 Å². The van der Waals surface area contributed by atoms with Gasteiger partial charge in [-0.25, -0.2) is 0 Å². The van der Waals surface area contributed by atoms with Crippen molar-refractivity contribution in [3.63, 3.8) is 0 Å². The number of aliphatic hydroxyl groups excluding tert-OH is 8. The molecule has 0 spiro atoms. The van der Waals surface area contributed by atoms with Crippen LogP contribution in [0.2, 0.25) is 0 Å². The van der Waals surface area contributed by atoms with E-state index in [0.29, 0.717) is 70.9 Å². The molecule has 12 aliphatic rings. The van der Waals surface area contributed by atoms with Crippen molar-refractivity contribution in [1.82, 2.24) is 0 Å². The first-order valence-electron chi connectivity index (χ1n) is 29.8. The molecule has 0 saturated heterocycles. The fourth-order valence-corrected chi connectivity index (χ4v) is 22.7. The highest BCUT2D eigenvalue weighted by Crippen LogP contribution is 2.70. The van der Waals surface area contributed by atoms with Crippen molar-refractivity contribution in [3.05, 3.63) is 34.9 Å². The van der Waals surface area contributed by atoms with Crippen LogP contribution < -0.4 is 0 Å². The van der Waals surface area contributed by atoms with Gasteiger partial charge in [0, 0.05) is 5.92 Å². The minimum absolute atomic E-state index is 0.0255. The Morgan fingerprint density at radius 2 is 0.778 bits per heavy atom. The molecule has 0 aromatic heterocycles. The molecule has 0 amide bonds. The Kier molecular flexibility index (Phi) is 14.4. The Morgan fingerprint density at radius 1 is 0.472 bits per heavy atom. The molecule has 2 unspecified atom stereocenters. The van der Waals surface area contributed by atoms with Crippen LogP contribution in [0.3, 0.4) is 0 Å². The quantitative estimate of drug-likeness (QED) is 0.128. The van der Waals surface area contributed by atoms with Crippen LogP contribution >= 0.6 is 0 Å². The molecule has 8 N–H and O–H groups in total. The smallest absolute Gasteiger partial charge is 0.133 e. The number of allylic oxidation sites excluding steroid dienone is 3. The number of fused-ring (bicyclic) bond motifs is 15. The zero-order valence-electron chi connectivity index (χ0n) is 46.1. The van der Waals surface area contributed by atoms with Crippen LogP contribution in [-0.4, -0.2) is 95.5 Å². The van der Waals surface area contributed by atoms with Crippen molar-refractivity contribution < 1.29 is 45.6 Å². The zero-order chi connectivity index (χ0) is 51.8. The third-order valence-electron chi connectivity index (χ3n) is 25.8. The van der Waals surface area contributed by atoms with Gasteiger partial charge in [-0.2, -0.15) is 0 Å². The Bertz CT molecular complexity index is 2030. The molecule has 72 heavy (non-hydrogen) atoms. The van der Waals surface area contributed by atoms with Gasteiger partial charge >= 0.3 is 0 Å². The summed E-state index contributed by atoms with van der Waals surface area (Å²) in [6, 6.07) is 0. The van der Waals surface area contributed by atoms with Crippen molar-refractivity contribution in [1.29, 1.82) is 0 Å². The predicted molar refractivity (Wildman–Crippen MR) is 282 cm³/mol. The van der Waals surface area contributed by atoms with Crippen LogP contribution in [0.1, 0.15) is 197 Å². The molecule has 9 nitrogen and oxygen atoms in total. The van der Waals surface area contributed by atoms with Gasteiger partial charge in [-0.3, -0.25) is 4.79 Å². The second-order valence-corrected chi connectivity index (χ2v) is 29.1. The molecule has 0 aromatic rings. The minimum Gasteiger partial charge on any atom is -0.393 e. The second kappa shape index (κ2) is 19.2. The molecule has 0 aliphatic heterocycles. The molecular weight excluding hydrogens is 901 g/mol. The minimum atomic E-state index is -0.319. The Morgan fingerprint density at radius 3 is 1.10 bits per heavy atom. The molecule has 0 aromatic carbocycles. The third kappa shape index (κ3) is 8.36. The number of carbonyl (C=O) groups excluding carboxylic acids is 1. The van der Waals surface area contributed by atoms with Crippen LogP contribution in [0.25, 0.3) is 0 Å². The average molecular weight is 1000 g/mol. The van der Waals surface area contributed by atoms with E-state index in [0.717, 1.165) is 122 Å². The van der Waals surface area contributed by atoms with E-state index < -0.39 is 0 Å². The molecule has 9 heteroatoms. The maximum Gasteiger partial charge on any atom is 0.133 e. The highest BCUT2D eigenvalue weighted by molar-refractivity contribution is 5.79. The first-order chi connectivity index (χ1) is 33.8. The lowest BCUT2D eigenvalue weighted by atomic mass is 9.46. The Hall–Kier alpha value is -1.43. The number of hydrogen-bond donors (Lipinski definition) is 8. The molecule has 12 aliphatic carbocycles. The van der Waals surface area contributed by atoms with Gasteiger partial charge in [0.25, 0.3) is 0 Å². The first kappa shape index (κ1) is 53.9. The molecular formula is C63H100O9. The van der Waals surface area contributed by atoms with E-state index in [4.69, 9.17) is 0 Å². The first-order valence-corrected chi connectivity index (χ1v) is 29.8. The van der Waals surface area contributed by atoms with E-state index in [1.54, 1.807) is 6.92 Å². The monoisotopic (exact) mass is 1000 g/mol. The van der Waals surface area contributed by atoms with Crippen molar-refractivity contribution in [2.24, 2.45) is 104 Å². The lowest BCUT2D eigenvalue weighted by molar-refractivity contribution is -0.140. The van der Waals surface area contributed by atoms with Crippen LogP contribution in [-0.2, 0) is 4.79 Å². The molecule has 0 radical (unpaired) electrons. The van der Waals surface area contributed by atoms with E-state index in [-0.39, 0.29) is 87.2 Å². The summed E-state index contributed by atoms with van der Waals surface area (Å²) in [4.78, 5) is 12.2. The maximum atomic E-state index is 12.2. The summed E-state index contributed by atoms with van der Waals surface area (Å²) in [5, 5.41) is 84.4. The Balaban J connectivity index is 0.000000124. The lowest BCUT2D eigenvalue weighted by Crippen LogP contribution is -2.57. The number of Topliss-reactive ketones (excluding diaryl/α,β-unsaturated/α-hetero) is 1. The zero-order valence-corrected chi connectivity index (χ0v) is 46.1. The third-order valence-corrected chi connectivity index (χ3v) is 25.8. The summed E-state index contributed by atoms with van der Waals surface area (Å²) < 4.78 is 0. The van der Waals surface area contributed by atoms with Crippen LogP contribution in [0.15, 0.2) is 34.9 Å². The fourth-order valence-electron chi connectivity index (χ4n) is 22.7. The number of rotatable bonds is 3. The maximum absolute atomic E-state index is 12.2. The summed E-state index contributed by atoms with van der Waals surface area (Å²) in [6.45, 7) is 19.5. The standard InChI is InChI=1S/2C21H34O3.C21H32O3/c3*1-12(22)16-6-7-17-15-5-4-13-10-14(23)8-9-20(13,2)19(15)18(24)11-21(16,17)3/h2*4,12,14-19,22-24H,5-11H2,1-3H3;4,14-19,23-24H,5-11H2,1-3H3/t2*12?,14-,15-,16+,17-,18-,19+,20-,21+;14-,15-,16+,17-,18-,19+,20-,21+/m000/s1. The van der Waals surface area contributed by atoms with Crippen molar-refractivity contribution in [2.75, 3.05) is 0 Å². The molecule has 12 rings (SSSR count). The van der Waals surface area contributed by atoms with E-state index in [1.807, 2.05) is 13.8 Å². The van der Waals surface area contributed by atoms with Gasteiger partial charge in [-0.05, 0) is 253 Å². The van der Waals surface area contributed by atoms with Gasteiger partial charge in [0.15, 0.2) is 0 Å². The van der Waals surface area contributed by atoms with Gasteiger partial charge in [0.05, 0.1) is 48.8 Å². The van der Waals surface area contributed by atoms with Crippen LogP contribution in [0, 0.1) is 104 Å². The number of ketones is 1. The normalized spacial score (nSPS) is 54.7. The largest absolute Gasteiger partial charge is 0.393 e. The second-order valence-electron chi connectivity index (χ2n) is 29.1. The SMILES string of the molecule is CC(=O)[C@H]1CC[C@H]2[C@@H]3CC=C4C[C@@H](O)CC[C@]4(C)[C@H]3[C@@H](O)C[C@]12C.CC(O)[C@H]1CC[C@H]2[C@@H]3CC=C4C[C@@H](O)CC[C@]4(C)[C@H]3[C@@H](O)C[C@]12C.CC(O)[C@H]1CC[C@H]2[C@@H]3CC=C4C[C@@H](O)CC[C@]4(C)[C@H]3[C@@H](O)C[C@]12C. The van der Waals surface area contributed by atoms with Crippen molar-refractivity contribution in [2.45, 2.75) is 246 Å². The highest BCUT2D eigenvalue weighted by Gasteiger charge is 2.65. The summed E-state index contributed by atoms with van der Waals surface area (Å²) in [5.74, 6) is 5.40. The number of carbonyl (C=O) groups is 1. The van der Waals surface area contributed by atoms with Crippen LogP contribution in [0.5, 0.6) is 0 Å². The molecule has 0 bridgehead atoms. The number of hydrogen-bond acceptors (Lipinski definition) is 9. The molecule has 0 heterocycles. The van der Waals surface area contributed by atoms with E-state index in [1.165, 1.54) is 29.6 Å².